The van der Waals surface area contributed by atoms with Crippen molar-refractivity contribution < 1.29 is 14.1 Å². The Morgan fingerprint density at radius 2 is 2.05 bits per heavy atom. The molecule has 108 valence electrons. The zero-order valence-electron chi connectivity index (χ0n) is 11.9. The molecule has 1 heterocycles. The predicted molar refractivity (Wildman–Crippen MR) is 75.4 cm³/mol. The van der Waals surface area contributed by atoms with Gasteiger partial charge in [0.15, 0.2) is 0 Å². The summed E-state index contributed by atoms with van der Waals surface area (Å²) in [5, 5.41) is 13.4. The molecule has 0 bridgehead atoms. The first-order valence-corrected chi connectivity index (χ1v) is 7.80. The summed E-state index contributed by atoms with van der Waals surface area (Å²) < 4.78 is 12.7. The Morgan fingerprint density at radius 1 is 1.47 bits per heavy atom. The molecule has 0 radical (unpaired) electrons. The van der Waals surface area contributed by atoms with Gasteiger partial charge in [0.25, 0.3) is 0 Å². The van der Waals surface area contributed by atoms with E-state index in [9.17, 15) is 9.00 Å². The molecule has 5 nitrogen and oxygen atoms in total. The smallest absolute Gasteiger partial charge is 0.321 e. The van der Waals surface area contributed by atoms with Crippen LogP contribution in [0.2, 0.25) is 0 Å². The average Bonchev–Trinajstić information content (AvgIpc) is 2.79. The number of hydrogen-bond acceptors (Lipinski definition) is 3. The van der Waals surface area contributed by atoms with E-state index < -0.39 is 21.5 Å². The highest BCUT2D eigenvalue weighted by molar-refractivity contribution is 7.86. The number of aromatic nitrogens is 2. The molecular formula is C13H22N2O3S. The van der Waals surface area contributed by atoms with Gasteiger partial charge in [0.05, 0.1) is 17.5 Å². The largest absolute Gasteiger partial charge is 0.480 e. The number of carboxylic acids is 1. The molecule has 19 heavy (non-hydrogen) atoms. The summed E-state index contributed by atoms with van der Waals surface area (Å²) in [6.45, 7) is 7.15. The fraction of sp³-hybridized carbons (Fsp3) is 0.692. The SMILES string of the molecule is CCC(CC)n1ccc(CS(=O)C(C)(C)C(=O)O)n1. The van der Waals surface area contributed by atoms with Crippen LogP contribution in [-0.2, 0) is 21.3 Å². The van der Waals surface area contributed by atoms with Gasteiger partial charge in [-0.3, -0.25) is 13.7 Å². The zero-order chi connectivity index (χ0) is 14.6. The molecule has 1 N–H and O–H groups in total. The Hall–Kier alpha value is -1.17. The molecule has 0 aliphatic heterocycles. The summed E-state index contributed by atoms with van der Waals surface area (Å²) in [5.41, 5.74) is 0.680. The third-order valence-electron chi connectivity index (χ3n) is 3.34. The second-order valence-electron chi connectivity index (χ2n) is 5.06. The second-order valence-corrected chi connectivity index (χ2v) is 7.06. The highest BCUT2D eigenvalue weighted by Gasteiger charge is 2.34. The van der Waals surface area contributed by atoms with Crippen LogP contribution >= 0.6 is 0 Å². The van der Waals surface area contributed by atoms with Crippen LogP contribution in [0.25, 0.3) is 0 Å². The minimum absolute atomic E-state index is 0.173. The van der Waals surface area contributed by atoms with Crippen LogP contribution in [0.4, 0.5) is 0 Å². The Morgan fingerprint density at radius 3 is 2.53 bits per heavy atom. The summed E-state index contributed by atoms with van der Waals surface area (Å²) in [5.74, 6) is -0.878. The van der Waals surface area contributed by atoms with E-state index in [0.29, 0.717) is 11.7 Å². The lowest BCUT2D eigenvalue weighted by atomic mass is 10.2. The van der Waals surface area contributed by atoms with Crippen molar-refractivity contribution in [3.63, 3.8) is 0 Å². The normalized spacial score (nSPS) is 13.7. The molecule has 1 unspecified atom stereocenters. The molecule has 1 rings (SSSR count). The number of rotatable bonds is 7. The summed E-state index contributed by atoms with van der Waals surface area (Å²) in [4.78, 5) is 11.0. The van der Waals surface area contributed by atoms with Crippen LogP contribution in [-0.4, -0.2) is 29.8 Å². The van der Waals surface area contributed by atoms with Crippen molar-refractivity contribution in [3.05, 3.63) is 18.0 Å². The summed E-state index contributed by atoms with van der Waals surface area (Å²) in [7, 11) is -1.49. The summed E-state index contributed by atoms with van der Waals surface area (Å²) in [6, 6.07) is 2.16. The minimum Gasteiger partial charge on any atom is -0.480 e. The van der Waals surface area contributed by atoms with E-state index in [0.717, 1.165) is 12.8 Å². The monoisotopic (exact) mass is 286 g/mol. The van der Waals surface area contributed by atoms with E-state index in [1.165, 1.54) is 13.8 Å². The maximum Gasteiger partial charge on any atom is 0.321 e. The average molecular weight is 286 g/mol. The standard InChI is InChI=1S/C13H22N2O3S/c1-5-11(6-2)15-8-7-10(14-15)9-19(18)13(3,4)12(16)17/h7-8,11H,5-6,9H2,1-4H3,(H,16,17). The first-order valence-electron chi connectivity index (χ1n) is 6.48. The number of carbonyl (C=O) groups is 1. The van der Waals surface area contributed by atoms with Crippen LogP contribution in [0, 0.1) is 0 Å². The van der Waals surface area contributed by atoms with Crippen molar-refractivity contribution in [1.29, 1.82) is 0 Å². The Bertz CT molecular complexity index is 464. The highest BCUT2D eigenvalue weighted by atomic mass is 32.2. The molecule has 1 aromatic heterocycles. The Balaban J connectivity index is 2.79. The van der Waals surface area contributed by atoms with Crippen molar-refractivity contribution in [2.24, 2.45) is 0 Å². The van der Waals surface area contributed by atoms with Gasteiger partial charge in [-0.05, 0) is 32.8 Å². The maximum atomic E-state index is 12.1. The molecular weight excluding hydrogens is 264 g/mol. The van der Waals surface area contributed by atoms with E-state index in [2.05, 4.69) is 18.9 Å². The van der Waals surface area contributed by atoms with Gasteiger partial charge in [0, 0.05) is 17.0 Å². The lowest BCUT2D eigenvalue weighted by Gasteiger charge is -2.17. The van der Waals surface area contributed by atoms with Crippen LogP contribution in [0.3, 0.4) is 0 Å². The summed E-state index contributed by atoms with van der Waals surface area (Å²) >= 11 is 0. The predicted octanol–water partition coefficient (Wildman–Crippen LogP) is 2.36. The molecule has 1 atom stereocenters. The first kappa shape index (κ1) is 15.9. The fourth-order valence-corrected chi connectivity index (χ4v) is 2.71. The van der Waals surface area contributed by atoms with Crippen LogP contribution in [0.15, 0.2) is 12.3 Å². The Labute approximate surface area is 116 Å². The number of carboxylic acid groups (broad SMARTS) is 1. The molecule has 1 aromatic rings. The van der Waals surface area contributed by atoms with Crippen LogP contribution in [0.5, 0.6) is 0 Å². The van der Waals surface area contributed by atoms with Gasteiger partial charge in [-0.15, -0.1) is 0 Å². The summed E-state index contributed by atoms with van der Waals surface area (Å²) in [6.07, 6.45) is 3.85. The molecule has 0 amide bonds. The topological polar surface area (TPSA) is 72.2 Å². The third kappa shape index (κ3) is 3.65. The van der Waals surface area contributed by atoms with E-state index in [-0.39, 0.29) is 5.75 Å². The van der Waals surface area contributed by atoms with Crippen molar-refractivity contribution >= 4 is 16.8 Å². The van der Waals surface area contributed by atoms with Gasteiger partial charge in [-0.2, -0.15) is 5.10 Å². The van der Waals surface area contributed by atoms with Crippen molar-refractivity contribution in [1.82, 2.24) is 9.78 Å². The minimum atomic E-state index is -1.49. The molecule has 0 fully saturated rings. The number of aliphatic carboxylic acids is 1. The number of nitrogens with zero attached hydrogens (tertiary/aromatic N) is 2. The van der Waals surface area contributed by atoms with Gasteiger partial charge in [0.1, 0.15) is 4.75 Å². The van der Waals surface area contributed by atoms with Crippen molar-refractivity contribution in [3.8, 4) is 0 Å². The van der Waals surface area contributed by atoms with Crippen molar-refractivity contribution in [2.45, 2.75) is 57.1 Å². The second kappa shape index (κ2) is 6.32. The van der Waals surface area contributed by atoms with E-state index in [4.69, 9.17) is 5.11 Å². The fourth-order valence-electron chi connectivity index (χ4n) is 1.73. The lowest BCUT2D eigenvalue weighted by Crippen LogP contribution is -2.37. The van der Waals surface area contributed by atoms with Gasteiger partial charge >= 0.3 is 5.97 Å². The zero-order valence-corrected chi connectivity index (χ0v) is 12.7. The van der Waals surface area contributed by atoms with E-state index in [1.807, 2.05) is 16.9 Å². The van der Waals surface area contributed by atoms with Crippen molar-refractivity contribution in [2.75, 3.05) is 0 Å². The van der Waals surface area contributed by atoms with Gasteiger partial charge < -0.3 is 5.11 Å². The highest BCUT2D eigenvalue weighted by Crippen LogP contribution is 2.19. The molecule has 6 heteroatoms. The lowest BCUT2D eigenvalue weighted by molar-refractivity contribution is -0.139. The maximum absolute atomic E-state index is 12.1. The molecule has 0 aliphatic carbocycles. The quantitative estimate of drug-likeness (QED) is 0.835. The van der Waals surface area contributed by atoms with Gasteiger partial charge in [0.2, 0.25) is 0 Å². The molecule has 0 saturated heterocycles. The molecule has 0 spiro atoms. The van der Waals surface area contributed by atoms with E-state index in [1.54, 1.807) is 0 Å². The van der Waals surface area contributed by atoms with Gasteiger partial charge in [-0.1, -0.05) is 13.8 Å². The molecule has 0 aromatic carbocycles. The molecule has 0 aliphatic rings. The van der Waals surface area contributed by atoms with Gasteiger partial charge in [-0.25, -0.2) is 0 Å². The van der Waals surface area contributed by atoms with Crippen LogP contribution in [0.1, 0.15) is 52.3 Å². The molecule has 0 saturated carbocycles. The Kier molecular flexibility index (Phi) is 5.29. The number of hydrogen-bond donors (Lipinski definition) is 1. The third-order valence-corrected chi connectivity index (χ3v) is 5.21. The first-order chi connectivity index (χ1) is 8.82. The van der Waals surface area contributed by atoms with E-state index >= 15 is 0 Å². The van der Waals surface area contributed by atoms with Crippen LogP contribution < -0.4 is 0 Å².